The first-order valence-corrected chi connectivity index (χ1v) is 11.0. The van der Waals surface area contributed by atoms with Crippen molar-refractivity contribution in [3.8, 4) is 5.75 Å². The number of hydrogen-bond acceptors (Lipinski definition) is 7. The van der Waals surface area contributed by atoms with Gasteiger partial charge in [-0.2, -0.15) is 9.78 Å². The van der Waals surface area contributed by atoms with Crippen LogP contribution in [0.3, 0.4) is 0 Å². The SMILES string of the molecule is CCOc1ccc(C=Nn2c3nc4ccccc4nc3c3c(=O)n(CCOC)c(C)nc32)cc1. The average Bonchev–Trinajstić information content (AvgIpc) is 3.14. The smallest absolute Gasteiger partial charge is 0.265 e. The first-order chi connectivity index (χ1) is 16.6. The molecule has 0 fully saturated rings. The third-order valence-electron chi connectivity index (χ3n) is 5.56. The minimum Gasteiger partial charge on any atom is -0.494 e. The maximum atomic E-state index is 13.5. The number of aromatic nitrogens is 5. The van der Waals surface area contributed by atoms with E-state index in [1.165, 1.54) is 0 Å². The van der Waals surface area contributed by atoms with Gasteiger partial charge in [0, 0.05) is 7.11 Å². The van der Waals surface area contributed by atoms with Gasteiger partial charge < -0.3 is 9.47 Å². The van der Waals surface area contributed by atoms with E-state index in [-0.39, 0.29) is 5.56 Å². The van der Waals surface area contributed by atoms with Gasteiger partial charge in [0.05, 0.1) is 37.0 Å². The van der Waals surface area contributed by atoms with Crippen LogP contribution < -0.4 is 10.3 Å². The predicted octanol–water partition coefficient (Wildman–Crippen LogP) is 3.53. The van der Waals surface area contributed by atoms with Crippen LogP contribution in [0.5, 0.6) is 5.75 Å². The van der Waals surface area contributed by atoms with Crippen LogP contribution in [0, 0.1) is 6.92 Å². The molecule has 3 aromatic heterocycles. The summed E-state index contributed by atoms with van der Waals surface area (Å²) in [6.45, 7) is 5.14. The first kappa shape index (κ1) is 21.7. The van der Waals surface area contributed by atoms with E-state index in [9.17, 15) is 4.79 Å². The fourth-order valence-corrected chi connectivity index (χ4v) is 3.91. The van der Waals surface area contributed by atoms with Gasteiger partial charge in [-0.3, -0.25) is 9.36 Å². The van der Waals surface area contributed by atoms with Gasteiger partial charge in [-0.1, -0.05) is 12.1 Å². The van der Waals surface area contributed by atoms with Crippen molar-refractivity contribution in [2.45, 2.75) is 20.4 Å². The van der Waals surface area contributed by atoms with Crippen LogP contribution in [0.1, 0.15) is 18.3 Å². The summed E-state index contributed by atoms with van der Waals surface area (Å²) in [5, 5.41) is 5.05. The molecule has 0 bridgehead atoms. The Balaban J connectivity index is 1.74. The molecule has 0 spiro atoms. The van der Waals surface area contributed by atoms with Crippen molar-refractivity contribution in [1.82, 2.24) is 24.2 Å². The number of ether oxygens (including phenoxy) is 2. The molecule has 2 aromatic carbocycles. The zero-order valence-corrected chi connectivity index (χ0v) is 19.2. The zero-order chi connectivity index (χ0) is 23.7. The second-order valence-corrected chi connectivity index (χ2v) is 7.75. The number of hydrogen-bond donors (Lipinski definition) is 0. The summed E-state index contributed by atoms with van der Waals surface area (Å²) < 4.78 is 13.9. The molecule has 34 heavy (non-hydrogen) atoms. The summed E-state index contributed by atoms with van der Waals surface area (Å²) in [4.78, 5) is 27.8. The van der Waals surface area contributed by atoms with Crippen molar-refractivity contribution in [2.75, 3.05) is 20.3 Å². The van der Waals surface area contributed by atoms with Crippen molar-refractivity contribution in [1.29, 1.82) is 0 Å². The third-order valence-corrected chi connectivity index (χ3v) is 5.56. The lowest BCUT2D eigenvalue weighted by Gasteiger charge is -2.08. The van der Waals surface area contributed by atoms with Crippen molar-refractivity contribution in [3.63, 3.8) is 0 Å². The molecule has 0 aliphatic heterocycles. The van der Waals surface area contributed by atoms with Gasteiger partial charge in [0.1, 0.15) is 22.5 Å². The highest BCUT2D eigenvalue weighted by Gasteiger charge is 2.21. The number of nitrogens with zero attached hydrogens (tertiary/aromatic N) is 6. The van der Waals surface area contributed by atoms with Crippen molar-refractivity contribution < 1.29 is 9.47 Å². The summed E-state index contributed by atoms with van der Waals surface area (Å²) >= 11 is 0. The largest absolute Gasteiger partial charge is 0.494 e. The fraction of sp³-hybridized carbons (Fsp3) is 0.240. The fourth-order valence-electron chi connectivity index (χ4n) is 3.91. The lowest BCUT2D eigenvalue weighted by Crippen LogP contribution is -2.25. The van der Waals surface area contributed by atoms with Gasteiger partial charge in [0.15, 0.2) is 11.3 Å². The standard InChI is InChI=1S/C25H24N6O3/c1-4-34-18-11-9-17(10-12-18)15-26-31-23-21(25(32)30(13-14-33-3)16(2)27-23)22-24(31)29-20-8-6-5-7-19(20)28-22/h5-12,15H,4,13-14H2,1-3H3. The summed E-state index contributed by atoms with van der Waals surface area (Å²) in [7, 11) is 1.60. The monoisotopic (exact) mass is 456 g/mol. The van der Waals surface area contributed by atoms with E-state index < -0.39 is 0 Å². The van der Waals surface area contributed by atoms with E-state index in [0.29, 0.717) is 58.8 Å². The summed E-state index contributed by atoms with van der Waals surface area (Å²) in [5.41, 5.74) is 3.47. The summed E-state index contributed by atoms with van der Waals surface area (Å²) in [6, 6.07) is 15.2. The second-order valence-electron chi connectivity index (χ2n) is 7.75. The van der Waals surface area contributed by atoms with Crippen LogP contribution in [0.2, 0.25) is 0 Å². The van der Waals surface area contributed by atoms with Crippen LogP contribution >= 0.6 is 0 Å². The lowest BCUT2D eigenvalue weighted by atomic mass is 10.2. The van der Waals surface area contributed by atoms with Crippen LogP contribution in [-0.4, -0.2) is 50.7 Å². The molecule has 172 valence electrons. The van der Waals surface area contributed by atoms with Crippen LogP contribution in [0.25, 0.3) is 33.2 Å². The average molecular weight is 457 g/mol. The Labute approximate surface area is 195 Å². The highest BCUT2D eigenvalue weighted by Crippen LogP contribution is 2.25. The highest BCUT2D eigenvalue weighted by molar-refractivity contribution is 6.05. The molecule has 0 unspecified atom stereocenters. The minimum atomic E-state index is -0.191. The molecule has 5 aromatic rings. The molecule has 0 aliphatic rings. The Morgan fingerprint density at radius 2 is 1.74 bits per heavy atom. The van der Waals surface area contributed by atoms with E-state index in [4.69, 9.17) is 24.4 Å². The molecule has 5 rings (SSSR count). The van der Waals surface area contributed by atoms with Crippen LogP contribution in [0.4, 0.5) is 0 Å². The molecule has 9 nitrogen and oxygen atoms in total. The second kappa shape index (κ2) is 9.03. The van der Waals surface area contributed by atoms with E-state index in [0.717, 1.165) is 11.3 Å². The normalized spacial score (nSPS) is 11.9. The molecular weight excluding hydrogens is 432 g/mol. The number of rotatable bonds is 7. The van der Waals surface area contributed by atoms with E-state index in [1.54, 1.807) is 29.5 Å². The number of para-hydroxylation sites is 2. The quantitative estimate of drug-likeness (QED) is 0.348. The first-order valence-electron chi connectivity index (χ1n) is 11.0. The molecule has 9 heteroatoms. The molecule has 0 N–H and O–H groups in total. The van der Waals surface area contributed by atoms with E-state index in [1.807, 2.05) is 55.5 Å². The molecule has 3 heterocycles. The van der Waals surface area contributed by atoms with Gasteiger partial charge >= 0.3 is 0 Å². The number of benzene rings is 2. The van der Waals surface area contributed by atoms with Gasteiger partial charge in [-0.25, -0.2) is 15.0 Å². The summed E-state index contributed by atoms with van der Waals surface area (Å²) in [6.07, 6.45) is 1.71. The molecular formula is C25H24N6O3. The molecule has 0 aliphatic carbocycles. The minimum absolute atomic E-state index is 0.191. The molecule has 0 radical (unpaired) electrons. The Kier molecular flexibility index (Phi) is 5.77. The maximum Gasteiger partial charge on any atom is 0.265 e. The zero-order valence-electron chi connectivity index (χ0n) is 19.2. The number of fused-ring (bicyclic) bond motifs is 4. The molecule has 0 atom stereocenters. The van der Waals surface area contributed by atoms with E-state index in [2.05, 4.69) is 5.10 Å². The third kappa shape index (κ3) is 3.80. The molecule has 0 saturated carbocycles. The Hall–Kier alpha value is -4.11. The Bertz CT molecular complexity index is 1580. The summed E-state index contributed by atoms with van der Waals surface area (Å²) in [5.74, 6) is 1.36. The molecule has 0 amide bonds. The van der Waals surface area contributed by atoms with Crippen LogP contribution in [0.15, 0.2) is 58.4 Å². The Morgan fingerprint density at radius 3 is 2.44 bits per heavy atom. The van der Waals surface area contributed by atoms with Gasteiger partial charge in [-0.05, 0) is 55.8 Å². The predicted molar refractivity (Wildman–Crippen MR) is 132 cm³/mol. The highest BCUT2D eigenvalue weighted by atomic mass is 16.5. The van der Waals surface area contributed by atoms with Crippen molar-refractivity contribution in [2.24, 2.45) is 5.10 Å². The topological polar surface area (TPSA) is 96.4 Å². The number of aryl methyl sites for hydroxylation is 1. The van der Waals surface area contributed by atoms with E-state index >= 15 is 0 Å². The number of methoxy groups -OCH3 is 1. The van der Waals surface area contributed by atoms with Gasteiger partial charge in [0.2, 0.25) is 0 Å². The Morgan fingerprint density at radius 1 is 1.00 bits per heavy atom. The molecule has 0 saturated heterocycles. The maximum absolute atomic E-state index is 13.5. The van der Waals surface area contributed by atoms with Crippen LogP contribution in [-0.2, 0) is 11.3 Å². The van der Waals surface area contributed by atoms with Gasteiger partial charge in [0.25, 0.3) is 5.56 Å². The van der Waals surface area contributed by atoms with Crippen molar-refractivity contribution in [3.05, 3.63) is 70.3 Å². The van der Waals surface area contributed by atoms with Gasteiger partial charge in [-0.15, -0.1) is 0 Å². The van der Waals surface area contributed by atoms with Crippen molar-refractivity contribution >= 4 is 39.4 Å². The lowest BCUT2D eigenvalue weighted by molar-refractivity contribution is 0.185.